The summed E-state index contributed by atoms with van der Waals surface area (Å²) in [4.78, 5) is 0. The highest BCUT2D eigenvalue weighted by atomic mass is 15.0. The lowest BCUT2D eigenvalue weighted by Crippen LogP contribution is -1.99. The first-order chi connectivity index (χ1) is 29.6. The molecule has 0 aliphatic rings. The first kappa shape index (κ1) is 34.4. The minimum Gasteiger partial charge on any atom is -0.309 e. The number of hydrogen-bond donors (Lipinski definition) is 0. The third-order valence-electron chi connectivity index (χ3n) is 12.8. The Morgan fingerprint density at radius 1 is 0.283 bits per heavy atom. The molecule has 0 radical (unpaired) electrons. The molecular weight excluding hydrogens is 725 g/mol. The standard InChI is InChI=1S/C58H40N2/c1-37-34-50(56(35-38(37)2)60-53-26-14-10-18-43(53)44-19-11-15-27-54(44)60)41-30-33-55-51(36-41)45-20-12-13-25-52(45)59(55)42-31-28-40(29-32-42)58-48-23-8-6-21-46(48)57(39-16-4-3-5-17-39)47-22-7-9-24-49(47)58/h3-36H,1-2H3. The zero-order valence-electron chi connectivity index (χ0n) is 33.5. The van der Waals surface area contributed by atoms with Gasteiger partial charge in [0, 0.05) is 32.8 Å². The SMILES string of the molecule is Cc1cc(-c2ccc3c(c2)c2ccccc2n3-c2ccc(-c3c4ccccc4c(-c4ccccc4)c4ccccc34)cc2)c(-n2c3ccccc3c3ccccc32)cc1C. The molecule has 0 unspecified atom stereocenters. The lowest BCUT2D eigenvalue weighted by molar-refractivity contribution is 1.16. The van der Waals surface area contributed by atoms with E-state index in [0.717, 1.165) is 5.69 Å². The molecule has 12 rings (SSSR count). The van der Waals surface area contributed by atoms with Crippen molar-refractivity contribution in [2.75, 3.05) is 0 Å². The Balaban J connectivity index is 1.03. The summed E-state index contributed by atoms with van der Waals surface area (Å²) in [7, 11) is 0. The van der Waals surface area contributed by atoms with E-state index in [9.17, 15) is 0 Å². The van der Waals surface area contributed by atoms with Gasteiger partial charge in [0.25, 0.3) is 0 Å². The van der Waals surface area contributed by atoms with Crippen molar-refractivity contribution in [3.63, 3.8) is 0 Å². The van der Waals surface area contributed by atoms with Crippen LogP contribution in [-0.2, 0) is 0 Å². The molecule has 60 heavy (non-hydrogen) atoms. The van der Waals surface area contributed by atoms with Crippen LogP contribution in [0.15, 0.2) is 206 Å². The van der Waals surface area contributed by atoms with Crippen LogP contribution in [0.5, 0.6) is 0 Å². The maximum atomic E-state index is 2.46. The van der Waals surface area contributed by atoms with Crippen molar-refractivity contribution >= 4 is 65.2 Å². The van der Waals surface area contributed by atoms with Gasteiger partial charge in [-0.1, -0.05) is 152 Å². The second-order valence-corrected chi connectivity index (χ2v) is 16.2. The minimum atomic E-state index is 1.14. The van der Waals surface area contributed by atoms with Crippen LogP contribution in [0.1, 0.15) is 11.1 Å². The van der Waals surface area contributed by atoms with Crippen molar-refractivity contribution in [2.45, 2.75) is 13.8 Å². The molecular formula is C58H40N2. The monoisotopic (exact) mass is 764 g/mol. The number of rotatable bonds is 5. The number of para-hydroxylation sites is 3. The summed E-state index contributed by atoms with van der Waals surface area (Å²) in [5, 5.41) is 10.1. The summed E-state index contributed by atoms with van der Waals surface area (Å²) in [6.45, 7) is 4.45. The summed E-state index contributed by atoms with van der Waals surface area (Å²) in [6, 6.07) is 76.1. The zero-order chi connectivity index (χ0) is 39.9. The van der Waals surface area contributed by atoms with Gasteiger partial charge in [-0.05, 0) is 129 Å². The van der Waals surface area contributed by atoms with Gasteiger partial charge in [-0.2, -0.15) is 0 Å². The molecule has 0 bridgehead atoms. The second-order valence-electron chi connectivity index (χ2n) is 16.2. The van der Waals surface area contributed by atoms with Crippen molar-refractivity contribution in [1.82, 2.24) is 9.13 Å². The van der Waals surface area contributed by atoms with Crippen LogP contribution in [0.3, 0.4) is 0 Å². The molecule has 2 heteroatoms. The summed E-state index contributed by atoms with van der Waals surface area (Å²) < 4.78 is 4.89. The van der Waals surface area contributed by atoms with Crippen LogP contribution >= 0.6 is 0 Å². The van der Waals surface area contributed by atoms with Crippen LogP contribution in [-0.4, -0.2) is 9.13 Å². The van der Waals surface area contributed by atoms with Crippen LogP contribution in [0, 0.1) is 13.8 Å². The zero-order valence-corrected chi connectivity index (χ0v) is 33.5. The predicted molar refractivity (Wildman–Crippen MR) is 256 cm³/mol. The van der Waals surface area contributed by atoms with Gasteiger partial charge in [-0.3, -0.25) is 0 Å². The summed E-state index contributed by atoms with van der Waals surface area (Å²) in [5.41, 5.74) is 17.2. The highest BCUT2D eigenvalue weighted by Gasteiger charge is 2.20. The van der Waals surface area contributed by atoms with Crippen LogP contribution < -0.4 is 0 Å². The number of hydrogen-bond acceptors (Lipinski definition) is 0. The van der Waals surface area contributed by atoms with Crippen molar-refractivity contribution in [3.8, 4) is 44.8 Å². The van der Waals surface area contributed by atoms with E-state index < -0.39 is 0 Å². The maximum Gasteiger partial charge on any atom is 0.0543 e. The van der Waals surface area contributed by atoms with E-state index >= 15 is 0 Å². The van der Waals surface area contributed by atoms with E-state index in [2.05, 4.69) is 229 Å². The lowest BCUT2D eigenvalue weighted by atomic mass is 9.86. The largest absolute Gasteiger partial charge is 0.309 e. The van der Waals surface area contributed by atoms with E-state index in [1.54, 1.807) is 0 Å². The summed E-state index contributed by atoms with van der Waals surface area (Å²) in [6.07, 6.45) is 0. The van der Waals surface area contributed by atoms with Gasteiger partial charge < -0.3 is 9.13 Å². The number of nitrogens with zero attached hydrogens (tertiary/aromatic N) is 2. The highest BCUT2D eigenvalue weighted by molar-refractivity contribution is 6.21. The Bertz CT molecular complexity index is 3550. The molecule has 2 aromatic heterocycles. The Morgan fingerprint density at radius 3 is 1.23 bits per heavy atom. The average Bonchev–Trinajstić information content (AvgIpc) is 3.82. The Kier molecular flexibility index (Phi) is 7.70. The Labute approximate surface area is 348 Å². The Hall–Kier alpha value is -7.68. The molecule has 10 aromatic carbocycles. The summed E-state index contributed by atoms with van der Waals surface area (Å²) >= 11 is 0. The first-order valence-corrected chi connectivity index (χ1v) is 20.9. The van der Waals surface area contributed by atoms with E-state index in [1.165, 1.54) is 115 Å². The molecule has 0 saturated heterocycles. The molecule has 2 heterocycles. The average molecular weight is 765 g/mol. The predicted octanol–water partition coefficient (Wildman–Crippen LogP) is 15.8. The molecule has 0 aliphatic heterocycles. The molecule has 0 fully saturated rings. The van der Waals surface area contributed by atoms with Crippen LogP contribution in [0.4, 0.5) is 0 Å². The number of benzene rings is 10. The number of fused-ring (bicyclic) bond motifs is 8. The van der Waals surface area contributed by atoms with E-state index in [-0.39, 0.29) is 0 Å². The van der Waals surface area contributed by atoms with Gasteiger partial charge in [0.05, 0.1) is 27.8 Å². The number of aromatic nitrogens is 2. The maximum absolute atomic E-state index is 2.46. The highest BCUT2D eigenvalue weighted by Crippen LogP contribution is 2.45. The van der Waals surface area contributed by atoms with Gasteiger partial charge in [0.2, 0.25) is 0 Å². The van der Waals surface area contributed by atoms with Crippen molar-refractivity contribution < 1.29 is 0 Å². The molecule has 0 saturated carbocycles. The van der Waals surface area contributed by atoms with Crippen molar-refractivity contribution in [1.29, 1.82) is 0 Å². The van der Waals surface area contributed by atoms with Crippen LogP contribution in [0.25, 0.3) is 110 Å². The van der Waals surface area contributed by atoms with Crippen LogP contribution in [0.2, 0.25) is 0 Å². The topological polar surface area (TPSA) is 9.86 Å². The molecule has 282 valence electrons. The normalized spacial score (nSPS) is 11.8. The third kappa shape index (κ3) is 5.14. The molecule has 0 atom stereocenters. The second kappa shape index (κ2) is 13.4. The van der Waals surface area contributed by atoms with Gasteiger partial charge in [0.15, 0.2) is 0 Å². The number of aryl methyl sites for hydroxylation is 2. The van der Waals surface area contributed by atoms with E-state index in [0.29, 0.717) is 0 Å². The smallest absolute Gasteiger partial charge is 0.0543 e. The molecule has 0 aliphatic carbocycles. The third-order valence-corrected chi connectivity index (χ3v) is 12.8. The van der Waals surface area contributed by atoms with E-state index in [4.69, 9.17) is 0 Å². The first-order valence-electron chi connectivity index (χ1n) is 20.9. The van der Waals surface area contributed by atoms with E-state index in [1.807, 2.05) is 0 Å². The van der Waals surface area contributed by atoms with Crippen molar-refractivity contribution in [3.05, 3.63) is 217 Å². The fourth-order valence-corrected chi connectivity index (χ4v) is 9.95. The molecule has 2 nitrogen and oxygen atoms in total. The minimum absolute atomic E-state index is 1.14. The molecule has 0 N–H and O–H groups in total. The quantitative estimate of drug-likeness (QED) is 0.155. The van der Waals surface area contributed by atoms with Gasteiger partial charge >= 0.3 is 0 Å². The van der Waals surface area contributed by atoms with Crippen molar-refractivity contribution in [2.24, 2.45) is 0 Å². The van der Waals surface area contributed by atoms with Gasteiger partial charge in [0.1, 0.15) is 0 Å². The molecule has 12 aromatic rings. The fourth-order valence-electron chi connectivity index (χ4n) is 9.95. The fraction of sp³-hybridized carbons (Fsp3) is 0.0345. The van der Waals surface area contributed by atoms with Gasteiger partial charge in [-0.25, -0.2) is 0 Å². The van der Waals surface area contributed by atoms with Gasteiger partial charge in [-0.15, -0.1) is 0 Å². The lowest BCUT2D eigenvalue weighted by Gasteiger charge is -2.18. The Morgan fingerprint density at radius 2 is 0.683 bits per heavy atom. The molecule has 0 amide bonds. The molecule has 0 spiro atoms. The summed E-state index contributed by atoms with van der Waals surface area (Å²) in [5.74, 6) is 0.